The van der Waals surface area contributed by atoms with Crippen molar-refractivity contribution in [2.45, 2.75) is 46.6 Å². The van der Waals surface area contributed by atoms with E-state index in [0.29, 0.717) is 17.6 Å². The second-order valence-corrected chi connectivity index (χ2v) is 6.94. The Morgan fingerprint density at radius 2 is 2.00 bits per heavy atom. The van der Waals surface area contributed by atoms with Crippen LogP contribution in [0.4, 0.5) is 0 Å². The normalized spacial score (nSPS) is 12.1. The van der Waals surface area contributed by atoms with E-state index in [1.54, 1.807) is 23.0 Å². The molecule has 0 fully saturated rings. The Kier molecular flexibility index (Phi) is 4.23. The maximum atomic E-state index is 12.8. The van der Waals surface area contributed by atoms with E-state index in [1.807, 2.05) is 20.8 Å². The third-order valence-electron chi connectivity index (χ3n) is 3.09. The fraction of sp³-hybridized carbons (Fsp3) is 0.533. The molecular formula is C15H21ClN4O. The molecule has 5 nitrogen and oxygen atoms in total. The van der Waals surface area contributed by atoms with Crippen molar-refractivity contribution in [2.75, 3.05) is 0 Å². The molecule has 6 heteroatoms. The zero-order valence-corrected chi connectivity index (χ0v) is 13.8. The summed E-state index contributed by atoms with van der Waals surface area (Å²) in [6, 6.07) is 1.75. The standard InChI is InChI=1S/C15H21ClN4O/c1-10(2)9-19-11(15(3,4)5)12(16)18-13(14(19)21)20-8-6-7-17-20/h6-8,10H,9H2,1-5H3. The van der Waals surface area contributed by atoms with Gasteiger partial charge in [-0.2, -0.15) is 5.10 Å². The van der Waals surface area contributed by atoms with Gasteiger partial charge in [-0.15, -0.1) is 0 Å². The molecule has 0 saturated heterocycles. The van der Waals surface area contributed by atoms with E-state index in [-0.39, 0.29) is 16.8 Å². The van der Waals surface area contributed by atoms with E-state index < -0.39 is 0 Å². The van der Waals surface area contributed by atoms with Gasteiger partial charge in [0.2, 0.25) is 5.82 Å². The molecule has 2 aromatic heterocycles. The molecule has 0 unspecified atom stereocenters. The molecule has 0 spiro atoms. The van der Waals surface area contributed by atoms with Gasteiger partial charge >= 0.3 is 0 Å². The van der Waals surface area contributed by atoms with Crippen LogP contribution < -0.4 is 5.56 Å². The van der Waals surface area contributed by atoms with Crippen molar-refractivity contribution in [1.29, 1.82) is 0 Å². The van der Waals surface area contributed by atoms with Crippen LogP contribution >= 0.6 is 11.6 Å². The predicted molar refractivity (Wildman–Crippen MR) is 84.2 cm³/mol. The molecule has 21 heavy (non-hydrogen) atoms. The largest absolute Gasteiger partial charge is 0.306 e. The molecule has 2 heterocycles. The van der Waals surface area contributed by atoms with Crippen LogP contribution in [0.2, 0.25) is 5.15 Å². The molecule has 0 bridgehead atoms. The highest BCUT2D eigenvalue weighted by Crippen LogP contribution is 2.28. The summed E-state index contributed by atoms with van der Waals surface area (Å²) >= 11 is 6.38. The smallest absolute Gasteiger partial charge is 0.296 e. The molecule has 0 N–H and O–H groups in total. The fourth-order valence-corrected chi connectivity index (χ4v) is 2.79. The first-order chi connectivity index (χ1) is 9.71. The molecule has 114 valence electrons. The topological polar surface area (TPSA) is 52.7 Å². The van der Waals surface area contributed by atoms with Crippen LogP contribution in [0, 0.1) is 5.92 Å². The molecule has 0 aliphatic rings. The van der Waals surface area contributed by atoms with Crippen molar-refractivity contribution in [1.82, 2.24) is 19.3 Å². The summed E-state index contributed by atoms with van der Waals surface area (Å²) in [6.07, 6.45) is 3.30. The molecule has 0 radical (unpaired) electrons. The van der Waals surface area contributed by atoms with E-state index in [2.05, 4.69) is 23.9 Å². The van der Waals surface area contributed by atoms with Gasteiger partial charge in [-0.05, 0) is 12.0 Å². The lowest BCUT2D eigenvalue weighted by Gasteiger charge is -2.26. The van der Waals surface area contributed by atoms with E-state index in [1.165, 1.54) is 4.68 Å². The first-order valence-electron chi connectivity index (χ1n) is 7.02. The first-order valence-corrected chi connectivity index (χ1v) is 7.40. The van der Waals surface area contributed by atoms with E-state index >= 15 is 0 Å². The van der Waals surface area contributed by atoms with Gasteiger partial charge in [0.15, 0.2) is 5.15 Å². The molecule has 2 aromatic rings. The lowest BCUT2D eigenvalue weighted by Crippen LogP contribution is -2.35. The summed E-state index contributed by atoms with van der Waals surface area (Å²) in [6.45, 7) is 10.8. The summed E-state index contributed by atoms with van der Waals surface area (Å²) in [4.78, 5) is 17.1. The molecule has 2 rings (SSSR count). The monoisotopic (exact) mass is 308 g/mol. The van der Waals surface area contributed by atoms with Crippen molar-refractivity contribution in [3.05, 3.63) is 39.7 Å². The lowest BCUT2D eigenvalue weighted by atomic mass is 9.92. The zero-order chi connectivity index (χ0) is 15.8. The van der Waals surface area contributed by atoms with Gasteiger partial charge in [0, 0.05) is 24.4 Å². The molecule has 0 saturated carbocycles. The Morgan fingerprint density at radius 3 is 2.48 bits per heavy atom. The van der Waals surface area contributed by atoms with Crippen molar-refractivity contribution in [3.8, 4) is 5.82 Å². The van der Waals surface area contributed by atoms with Crippen LogP contribution in [-0.4, -0.2) is 19.3 Å². The van der Waals surface area contributed by atoms with Crippen LogP contribution in [0.3, 0.4) is 0 Å². The second-order valence-electron chi connectivity index (χ2n) is 6.59. The van der Waals surface area contributed by atoms with Crippen LogP contribution in [0.15, 0.2) is 23.3 Å². The third-order valence-corrected chi connectivity index (χ3v) is 3.35. The van der Waals surface area contributed by atoms with Crippen LogP contribution in [0.5, 0.6) is 0 Å². The van der Waals surface area contributed by atoms with E-state index in [4.69, 9.17) is 11.6 Å². The second kappa shape index (κ2) is 5.64. The van der Waals surface area contributed by atoms with Crippen molar-refractivity contribution >= 4 is 11.6 Å². The number of halogens is 1. The minimum atomic E-state index is -0.263. The Hall–Kier alpha value is -1.62. The van der Waals surface area contributed by atoms with E-state index in [9.17, 15) is 4.79 Å². The van der Waals surface area contributed by atoms with Crippen molar-refractivity contribution < 1.29 is 0 Å². The minimum Gasteiger partial charge on any atom is -0.306 e. The maximum absolute atomic E-state index is 12.8. The average Bonchev–Trinajstić information content (AvgIpc) is 2.84. The van der Waals surface area contributed by atoms with Crippen LogP contribution in [0.25, 0.3) is 5.82 Å². The van der Waals surface area contributed by atoms with Gasteiger partial charge in [0.1, 0.15) is 0 Å². The first kappa shape index (κ1) is 15.8. The van der Waals surface area contributed by atoms with Gasteiger partial charge in [-0.25, -0.2) is 9.67 Å². The highest BCUT2D eigenvalue weighted by molar-refractivity contribution is 6.30. The summed E-state index contributed by atoms with van der Waals surface area (Å²) < 4.78 is 3.19. The quantitative estimate of drug-likeness (QED) is 0.875. The summed E-state index contributed by atoms with van der Waals surface area (Å²) in [5.74, 6) is 0.561. The number of hydrogen-bond acceptors (Lipinski definition) is 3. The molecule has 0 amide bonds. The molecular weight excluding hydrogens is 288 g/mol. The summed E-state index contributed by atoms with van der Waals surface area (Å²) in [7, 11) is 0. The van der Waals surface area contributed by atoms with Crippen molar-refractivity contribution in [3.63, 3.8) is 0 Å². The zero-order valence-electron chi connectivity index (χ0n) is 13.1. The van der Waals surface area contributed by atoms with Gasteiger partial charge in [-0.3, -0.25) is 4.79 Å². The molecule has 0 aromatic carbocycles. The summed E-state index contributed by atoms with van der Waals surface area (Å²) in [5, 5.41) is 4.44. The van der Waals surface area contributed by atoms with E-state index in [0.717, 1.165) is 5.69 Å². The Bertz CT molecular complexity index is 681. The highest BCUT2D eigenvalue weighted by Gasteiger charge is 2.26. The minimum absolute atomic E-state index is 0.165. The van der Waals surface area contributed by atoms with Crippen LogP contribution in [0.1, 0.15) is 40.3 Å². The number of nitrogens with zero attached hydrogens (tertiary/aromatic N) is 4. The van der Waals surface area contributed by atoms with Gasteiger partial charge in [0.25, 0.3) is 5.56 Å². The number of aromatic nitrogens is 4. The lowest BCUT2D eigenvalue weighted by molar-refractivity contribution is 0.442. The van der Waals surface area contributed by atoms with Gasteiger partial charge < -0.3 is 4.57 Å². The van der Waals surface area contributed by atoms with Crippen molar-refractivity contribution in [2.24, 2.45) is 5.92 Å². The number of hydrogen-bond donors (Lipinski definition) is 0. The third kappa shape index (κ3) is 3.18. The van der Waals surface area contributed by atoms with Crippen LogP contribution in [-0.2, 0) is 12.0 Å². The summed E-state index contributed by atoms with van der Waals surface area (Å²) in [5.41, 5.74) is 0.335. The molecule has 0 aliphatic heterocycles. The van der Waals surface area contributed by atoms with Gasteiger partial charge in [0.05, 0.1) is 5.69 Å². The Balaban J connectivity index is 2.76. The Labute approximate surface area is 129 Å². The highest BCUT2D eigenvalue weighted by atomic mass is 35.5. The SMILES string of the molecule is CC(C)Cn1c(C(C)(C)C)c(Cl)nc(-n2cccn2)c1=O. The molecule has 0 atom stereocenters. The predicted octanol–water partition coefficient (Wildman–Crippen LogP) is 3.04. The number of rotatable bonds is 3. The van der Waals surface area contributed by atoms with Gasteiger partial charge in [-0.1, -0.05) is 46.2 Å². The fourth-order valence-electron chi connectivity index (χ4n) is 2.32. The molecule has 0 aliphatic carbocycles. The Morgan fingerprint density at radius 1 is 1.33 bits per heavy atom. The maximum Gasteiger partial charge on any atom is 0.296 e. The average molecular weight is 309 g/mol.